The summed E-state index contributed by atoms with van der Waals surface area (Å²) in [6, 6.07) is 14.9. The van der Waals surface area contributed by atoms with Crippen LogP contribution >= 0.6 is 0 Å². The molecule has 1 aromatic heterocycles. The molecule has 1 amide bonds. The molecule has 31 heavy (non-hydrogen) atoms. The topological polar surface area (TPSA) is 69.0 Å². The van der Waals surface area contributed by atoms with E-state index < -0.39 is 0 Å². The van der Waals surface area contributed by atoms with E-state index in [1.807, 2.05) is 30.3 Å². The standard InChI is InChI=1S/C25H27NO5/c1-25(2,3)18-10-8-17(9-11-18)23-24(22(28)19-6-4-5-7-20(19)31-23)30-16-21(27)26-12-14-29-15-13-26/h4-11H,12-16H2,1-3H3. The highest BCUT2D eigenvalue weighted by Gasteiger charge is 2.22. The van der Waals surface area contributed by atoms with E-state index in [4.69, 9.17) is 13.9 Å². The van der Waals surface area contributed by atoms with Crippen LogP contribution < -0.4 is 10.2 Å². The van der Waals surface area contributed by atoms with Gasteiger partial charge in [-0.15, -0.1) is 0 Å². The van der Waals surface area contributed by atoms with Gasteiger partial charge in [-0.25, -0.2) is 0 Å². The second-order valence-electron chi connectivity index (χ2n) is 8.69. The molecule has 162 valence electrons. The largest absolute Gasteiger partial charge is 0.476 e. The average molecular weight is 421 g/mol. The molecule has 2 aromatic carbocycles. The van der Waals surface area contributed by atoms with E-state index >= 15 is 0 Å². The zero-order chi connectivity index (χ0) is 22.0. The van der Waals surface area contributed by atoms with Gasteiger partial charge in [0.05, 0.1) is 18.6 Å². The van der Waals surface area contributed by atoms with Crippen molar-refractivity contribution in [3.05, 3.63) is 64.3 Å². The van der Waals surface area contributed by atoms with E-state index in [1.54, 1.807) is 23.1 Å². The Hall–Kier alpha value is -3.12. The normalized spacial score (nSPS) is 14.6. The van der Waals surface area contributed by atoms with Gasteiger partial charge in [0.1, 0.15) is 5.58 Å². The van der Waals surface area contributed by atoms with Crippen molar-refractivity contribution in [2.75, 3.05) is 32.9 Å². The SMILES string of the molecule is CC(C)(C)c1ccc(-c2oc3ccccc3c(=O)c2OCC(=O)N2CCOCC2)cc1. The molecule has 0 radical (unpaired) electrons. The van der Waals surface area contributed by atoms with Gasteiger partial charge in [0.2, 0.25) is 11.2 Å². The molecule has 0 N–H and O–H groups in total. The number of hydrogen-bond acceptors (Lipinski definition) is 5. The Morgan fingerprint density at radius 2 is 1.71 bits per heavy atom. The van der Waals surface area contributed by atoms with Crippen LogP contribution in [0.25, 0.3) is 22.3 Å². The van der Waals surface area contributed by atoms with Crippen LogP contribution in [0.2, 0.25) is 0 Å². The Bertz CT molecular complexity index is 1140. The van der Waals surface area contributed by atoms with Crippen LogP contribution in [0.1, 0.15) is 26.3 Å². The quantitative estimate of drug-likeness (QED) is 0.637. The van der Waals surface area contributed by atoms with Gasteiger partial charge in [-0.1, -0.05) is 57.2 Å². The maximum absolute atomic E-state index is 13.2. The molecule has 0 aliphatic carbocycles. The minimum absolute atomic E-state index is 0.00661. The molecule has 3 aromatic rings. The van der Waals surface area contributed by atoms with E-state index in [0.717, 1.165) is 5.56 Å². The zero-order valence-electron chi connectivity index (χ0n) is 18.1. The van der Waals surface area contributed by atoms with Crippen LogP contribution in [-0.2, 0) is 14.9 Å². The monoisotopic (exact) mass is 421 g/mol. The number of nitrogens with zero attached hydrogens (tertiary/aromatic N) is 1. The Balaban J connectivity index is 1.71. The number of amides is 1. The predicted molar refractivity (Wildman–Crippen MR) is 120 cm³/mol. The van der Waals surface area contributed by atoms with Gasteiger partial charge >= 0.3 is 0 Å². The first-order chi connectivity index (χ1) is 14.8. The first kappa shape index (κ1) is 21.1. The van der Waals surface area contributed by atoms with Gasteiger partial charge in [-0.2, -0.15) is 0 Å². The van der Waals surface area contributed by atoms with Crippen LogP contribution in [0.5, 0.6) is 5.75 Å². The summed E-state index contributed by atoms with van der Waals surface area (Å²) in [6.07, 6.45) is 0. The first-order valence-corrected chi connectivity index (χ1v) is 10.5. The molecule has 0 saturated carbocycles. The van der Waals surface area contributed by atoms with Gasteiger partial charge in [0, 0.05) is 18.7 Å². The smallest absolute Gasteiger partial charge is 0.260 e. The molecule has 2 heterocycles. The highest BCUT2D eigenvalue weighted by Crippen LogP contribution is 2.32. The minimum Gasteiger partial charge on any atom is -0.476 e. The number of morpholine rings is 1. The summed E-state index contributed by atoms with van der Waals surface area (Å²) in [4.78, 5) is 27.5. The lowest BCUT2D eigenvalue weighted by Crippen LogP contribution is -2.43. The summed E-state index contributed by atoms with van der Waals surface area (Å²) in [5.41, 5.74) is 2.10. The lowest BCUT2D eigenvalue weighted by atomic mass is 9.86. The predicted octanol–water partition coefficient (Wildman–Crippen LogP) is 4.00. The number of rotatable bonds is 4. The van der Waals surface area contributed by atoms with Gasteiger partial charge in [0.15, 0.2) is 12.4 Å². The number of carbonyl (C=O) groups excluding carboxylic acids is 1. The number of carbonyl (C=O) groups is 1. The van der Waals surface area contributed by atoms with Crippen molar-refractivity contribution in [3.8, 4) is 17.1 Å². The number of hydrogen-bond donors (Lipinski definition) is 0. The molecule has 6 heteroatoms. The summed E-state index contributed by atoms with van der Waals surface area (Å²) < 4.78 is 17.2. The third-order valence-corrected chi connectivity index (χ3v) is 5.47. The highest BCUT2D eigenvalue weighted by molar-refractivity contribution is 5.83. The van der Waals surface area contributed by atoms with E-state index in [9.17, 15) is 9.59 Å². The molecule has 1 aliphatic heterocycles. The van der Waals surface area contributed by atoms with Crippen molar-refractivity contribution >= 4 is 16.9 Å². The fourth-order valence-corrected chi connectivity index (χ4v) is 3.61. The van der Waals surface area contributed by atoms with E-state index in [0.29, 0.717) is 43.0 Å². The molecule has 1 aliphatic rings. The Kier molecular flexibility index (Phi) is 5.83. The van der Waals surface area contributed by atoms with E-state index in [1.165, 1.54) is 5.56 Å². The molecule has 0 spiro atoms. The molecule has 1 fully saturated rings. The van der Waals surface area contributed by atoms with Gasteiger partial charge < -0.3 is 18.8 Å². The van der Waals surface area contributed by atoms with Crippen molar-refractivity contribution in [2.45, 2.75) is 26.2 Å². The van der Waals surface area contributed by atoms with Crippen LogP contribution in [0, 0.1) is 0 Å². The molecule has 0 bridgehead atoms. The summed E-state index contributed by atoms with van der Waals surface area (Å²) in [5, 5.41) is 0.423. The first-order valence-electron chi connectivity index (χ1n) is 10.5. The molecular weight excluding hydrogens is 394 g/mol. The second-order valence-corrected chi connectivity index (χ2v) is 8.69. The third-order valence-electron chi connectivity index (χ3n) is 5.47. The lowest BCUT2D eigenvalue weighted by Gasteiger charge is -2.26. The Morgan fingerprint density at radius 1 is 1.03 bits per heavy atom. The Morgan fingerprint density at radius 3 is 2.39 bits per heavy atom. The molecule has 1 saturated heterocycles. The second kappa shape index (κ2) is 8.55. The summed E-state index contributed by atoms with van der Waals surface area (Å²) in [7, 11) is 0. The molecular formula is C25H27NO5. The van der Waals surface area contributed by atoms with Crippen LogP contribution in [-0.4, -0.2) is 43.7 Å². The third kappa shape index (κ3) is 4.49. The molecule has 0 unspecified atom stereocenters. The van der Waals surface area contributed by atoms with E-state index in [-0.39, 0.29) is 29.1 Å². The van der Waals surface area contributed by atoms with Crippen LogP contribution in [0.3, 0.4) is 0 Å². The molecule has 0 atom stereocenters. The zero-order valence-corrected chi connectivity index (χ0v) is 18.1. The fraction of sp³-hybridized carbons (Fsp3) is 0.360. The van der Waals surface area contributed by atoms with Crippen molar-refractivity contribution in [1.82, 2.24) is 4.90 Å². The number of benzene rings is 2. The number of ether oxygens (including phenoxy) is 2. The summed E-state index contributed by atoms with van der Waals surface area (Å²) in [5.74, 6) is 0.215. The number of fused-ring (bicyclic) bond motifs is 1. The maximum Gasteiger partial charge on any atom is 0.260 e. The van der Waals surface area contributed by atoms with Gasteiger partial charge in [0.25, 0.3) is 5.91 Å². The van der Waals surface area contributed by atoms with Crippen molar-refractivity contribution in [2.24, 2.45) is 0 Å². The van der Waals surface area contributed by atoms with Crippen molar-refractivity contribution in [3.63, 3.8) is 0 Å². The van der Waals surface area contributed by atoms with Gasteiger partial charge in [-0.3, -0.25) is 9.59 Å². The summed E-state index contributed by atoms with van der Waals surface area (Å²) in [6.45, 7) is 8.27. The summed E-state index contributed by atoms with van der Waals surface area (Å²) >= 11 is 0. The Labute approximate surface area is 181 Å². The van der Waals surface area contributed by atoms with Crippen molar-refractivity contribution < 1.29 is 18.7 Å². The van der Waals surface area contributed by atoms with Crippen molar-refractivity contribution in [1.29, 1.82) is 0 Å². The van der Waals surface area contributed by atoms with Gasteiger partial charge in [-0.05, 0) is 23.1 Å². The van der Waals surface area contributed by atoms with Crippen LogP contribution in [0.4, 0.5) is 0 Å². The minimum atomic E-state index is -0.286. The lowest BCUT2D eigenvalue weighted by molar-refractivity contribution is -0.137. The fourth-order valence-electron chi connectivity index (χ4n) is 3.61. The van der Waals surface area contributed by atoms with E-state index in [2.05, 4.69) is 20.8 Å². The molecule has 4 rings (SSSR count). The number of para-hydroxylation sites is 1. The maximum atomic E-state index is 13.2. The average Bonchev–Trinajstić information content (AvgIpc) is 2.78. The highest BCUT2D eigenvalue weighted by atomic mass is 16.5. The van der Waals surface area contributed by atoms with Crippen LogP contribution in [0.15, 0.2) is 57.7 Å². The molecule has 6 nitrogen and oxygen atoms in total.